The van der Waals surface area contributed by atoms with E-state index in [4.69, 9.17) is 5.11 Å². The van der Waals surface area contributed by atoms with Gasteiger partial charge in [0.1, 0.15) is 0 Å². The molecule has 0 saturated heterocycles. The Kier molecular flexibility index (Phi) is 4.40. The highest BCUT2D eigenvalue weighted by Gasteiger charge is 2.04. The van der Waals surface area contributed by atoms with Crippen LogP contribution in [0.15, 0.2) is 18.5 Å². The van der Waals surface area contributed by atoms with Crippen molar-refractivity contribution in [2.24, 2.45) is 0 Å². The average molecular weight is 210 g/mol. The van der Waals surface area contributed by atoms with Crippen LogP contribution in [0, 0.1) is 0 Å². The van der Waals surface area contributed by atoms with Crippen LogP contribution in [0.2, 0.25) is 0 Å². The van der Waals surface area contributed by atoms with Crippen LogP contribution in [-0.2, 0) is 16.0 Å². The number of carboxylic acid groups (broad SMARTS) is 1. The van der Waals surface area contributed by atoms with Crippen LogP contribution in [0.4, 0.5) is 0 Å². The molecule has 1 aromatic heterocycles. The first kappa shape index (κ1) is 11.3. The second-order valence-electron chi connectivity index (χ2n) is 3.21. The maximum atomic E-state index is 11.1. The lowest BCUT2D eigenvalue weighted by atomic mass is 10.2. The van der Waals surface area contributed by atoms with Gasteiger partial charge in [0, 0.05) is 25.4 Å². The third-order valence-corrected chi connectivity index (χ3v) is 1.96. The number of amides is 1. The highest BCUT2D eigenvalue weighted by Crippen LogP contribution is 1.96. The summed E-state index contributed by atoms with van der Waals surface area (Å²) in [4.78, 5) is 24.2. The van der Waals surface area contributed by atoms with E-state index in [1.54, 1.807) is 0 Å². The molecule has 0 bridgehead atoms. The number of aromatic nitrogens is 1. The second kappa shape index (κ2) is 5.85. The van der Waals surface area contributed by atoms with Gasteiger partial charge >= 0.3 is 5.97 Å². The summed E-state index contributed by atoms with van der Waals surface area (Å²) in [5.41, 5.74) is 1.12. The molecular weight excluding hydrogens is 196 g/mol. The molecule has 1 rings (SSSR count). The largest absolute Gasteiger partial charge is 0.481 e. The average Bonchev–Trinajstić information content (AvgIpc) is 2.67. The van der Waals surface area contributed by atoms with Crippen molar-refractivity contribution in [1.82, 2.24) is 10.3 Å². The van der Waals surface area contributed by atoms with Crippen molar-refractivity contribution in [2.45, 2.75) is 19.3 Å². The summed E-state index contributed by atoms with van der Waals surface area (Å²) in [6.07, 6.45) is 4.37. The van der Waals surface area contributed by atoms with Crippen molar-refractivity contribution >= 4 is 11.9 Å². The van der Waals surface area contributed by atoms with E-state index >= 15 is 0 Å². The molecule has 0 fully saturated rings. The Morgan fingerprint density at radius 2 is 2.20 bits per heavy atom. The van der Waals surface area contributed by atoms with Gasteiger partial charge in [-0.2, -0.15) is 0 Å². The van der Waals surface area contributed by atoms with Crippen molar-refractivity contribution in [1.29, 1.82) is 0 Å². The summed E-state index contributed by atoms with van der Waals surface area (Å²) >= 11 is 0. The number of H-pyrrole nitrogens is 1. The maximum absolute atomic E-state index is 11.1. The molecule has 1 heterocycles. The van der Waals surface area contributed by atoms with Crippen LogP contribution >= 0.6 is 0 Å². The third kappa shape index (κ3) is 4.85. The number of hydrogen-bond donors (Lipinski definition) is 3. The summed E-state index contributed by atoms with van der Waals surface area (Å²) in [6, 6.07) is 1.93. The first-order chi connectivity index (χ1) is 7.18. The highest BCUT2D eigenvalue weighted by molar-refractivity contribution is 5.80. The Hall–Kier alpha value is -1.78. The summed E-state index contributed by atoms with van der Waals surface area (Å²) in [7, 11) is 0. The van der Waals surface area contributed by atoms with Crippen molar-refractivity contribution in [3.8, 4) is 0 Å². The van der Waals surface area contributed by atoms with Gasteiger partial charge < -0.3 is 15.4 Å². The molecule has 5 nitrogen and oxygen atoms in total. The van der Waals surface area contributed by atoms with E-state index in [0.29, 0.717) is 6.54 Å². The zero-order chi connectivity index (χ0) is 11.1. The van der Waals surface area contributed by atoms with Crippen LogP contribution in [-0.4, -0.2) is 28.5 Å². The van der Waals surface area contributed by atoms with Crippen molar-refractivity contribution in [2.75, 3.05) is 6.54 Å². The van der Waals surface area contributed by atoms with E-state index in [2.05, 4.69) is 10.3 Å². The number of carbonyl (C=O) groups excluding carboxylic acids is 1. The molecule has 3 N–H and O–H groups in total. The predicted molar refractivity (Wildman–Crippen MR) is 54.4 cm³/mol. The fourth-order valence-corrected chi connectivity index (χ4v) is 1.17. The zero-order valence-electron chi connectivity index (χ0n) is 8.32. The number of rotatable bonds is 6. The van der Waals surface area contributed by atoms with E-state index in [0.717, 1.165) is 12.0 Å². The number of carboxylic acids is 1. The topological polar surface area (TPSA) is 82.2 Å². The summed E-state index contributed by atoms with van der Waals surface area (Å²) in [5.74, 6) is -1.16. The predicted octanol–water partition coefficient (Wildman–Crippen LogP) is 0.538. The first-order valence-electron chi connectivity index (χ1n) is 4.78. The molecule has 5 heteroatoms. The van der Waals surface area contributed by atoms with Gasteiger partial charge in [-0.15, -0.1) is 0 Å². The Bertz CT molecular complexity index is 319. The minimum Gasteiger partial charge on any atom is -0.481 e. The van der Waals surface area contributed by atoms with Gasteiger partial charge in [0.2, 0.25) is 5.91 Å². The molecule has 1 amide bonds. The molecule has 0 radical (unpaired) electrons. The molecule has 82 valence electrons. The quantitative estimate of drug-likeness (QED) is 0.640. The molecule has 0 atom stereocenters. The van der Waals surface area contributed by atoms with Gasteiger partial charge in [-0.1, -0.05) is 0 Å². The summed E-state index contributed by atoms with van der Waals surface area (Å²) in [6.45, 7) is 0.538. The first-order valence-corrected chi connectivity index (χ1v) is 4.78. The lowest BCUT2D eigenvalue weighted by molar-refractivity contribution is -0.138. The van der Waals surface area contributed by atoms with E-state index in [-0.39, 0.29) is 18.7 Å². The van der Waals surface area contributed by atoms with Gasteiger partial charge in [-0.3, -0.25) is 9.59 Å². The normalized spacial score (nSPS) is 9.87. The number of carbonyl (C=O) groups is 2. The van der Waals surface area contributed by atoms with E-state index in [1.807, 2.05) is 18.5 Å². The van der Waals surface area contributed by atoms with Crippen molar-refractivity contribution < 1.29 is 14.7 Å². The van der Waals surface area contributed by atoms with Crippen LogP contribution in [0.3, 0.4) is 0 Å². The summed E-state index contributed by atoms with van der Waals surface area (Å²) < 4.78 is 0. The molecule has 1 aromatic rings. The molecule has 0 saturated carbocycles. The van der Waals surface area contributed by atoms with Crippen molar-refractivity contribution in [3.05, 3.63) is 24.0 Å². The maximum Gasteiger partial charge on any atom is 0.303 e. The zero-order valence-corrected chi connectivity index (χ0v) is 8.32. The molecule has 0 aromatic carbocycles. The fourth-order valence-electron chi connectivity index (χ4n) is 1.17. The van der Waals surface area contributed by atoms with Gasteiger partial charge in [0.25, 0.3) is 0 Å². The van der Waals surface area contributed by atoms with E-state index in [1.165, 1.54) is 0 Å². The van der Waals surface area contributed by atoms with Crippen LogP contribution in [0.25, 0.3) is 0 Å². The number of aliphatic carboxylic acids is 1. The van der Waals surface area contributed by atoms with Gasteiger partial charge in [0.05, 0.1) is 6.42 Å². The monoisotopic (exact) mass is 210 g/mol. The minimum atomic E-state index is -0.948. The Morgan fingerprint density at radius 3 is 2.80 bits per heavy atom. The van der Waals surface area contributed by atoms with Gasteiger partial charge in [0.15, 0.2) is 0 Å². The lowest BCUT2D eigenvalue weighted by Gasteiger charge is -2.02. The highest BCUT2D eigenvalue weighted by atomic mass is 16.4. The number of hydrogen-bond acceptors (Lipinski definition) is 2. The fraction of sp³-hybridized carbons (Fsp3) is 0.400. The van der Waals surface area contributed by atoms with Gasteiger partial charge in [-0.25, -0.2) is 0 Å². The standard InChI is InChI=1S/C10H14N2O3/c13-9(1-2-10(14)15)12-6-4-8-3-5-11-7-8/h3,5,7,11H,1-2,4,6H2,(H,12,13)(H,14,15). The minimum absolute atomic E-state index is 0.0441. The molecular formula is C10H14N2O3. The summed E-state index contributed by atoms with van der Waals surface area (Å²) in [5, 5.41) is 11.0. The second-order valence-corrected chi connectivity index (χ2v) is 3.21. The molecule has 0 aliphatic rings. The van der Waals surface area contributed by atoms with Gasteiger partial charge in [-0.05, 0) is 18.1 Å². The van der Waals surface area contributed by atoms with Crippen molar-refractivity contribution in [3.63, 3.8) is 0 Å². The molecule has 0 aliphatic heterocycles. The van der Waals surface area contributed by atoms with Crippen LogP contribution in [0.5, 0.6) is 0 Å². The smallest absolute Gasteiger partial charge is 0.303 e. The molecule has 0 aliphatic carbocycles. The van der Waals surface area contributed by atoms with Crippen LogP contribution in [0.1, 0.15) is 18.4 Å². The van der Waals surface area contributed by atoms with E-state index < -0.39 is 5.97 Å². The molecule has 15 heavy (non-hydrogen) atoms. The Labute approximate surface area is 87.5 Å². The SMILES string of the molecule is O=C(O)CCC(=O)NCCc1cc[nH]c1. The molecule has 0 spiro atoms. The van der Waals surface area contributed by atoms with E-state index in [9.17, 15) is 9.59 Å². The Morgan fingerprint density at radius 1 is 1.40 bits per heavy atom. The molecule has 0 unspecified atom stereocenters. The Balaban J connectivity index is 2.09. The number of aromatic amines is 1. The van der Waals surface area contributed by atoms with Crippen LogP contribution < -0.4 is 5.32 Å². The number of nitrogens with one attached hydrogen (secondary N) is 2. The lowest BCUT2D eigenvalue weighted by Crippen LogP contribution is -2.25. The third-order valence-electron chi connectivity index (χ3n) is 1.96.